The van der Waals surface area contributed by atoms with Crippen LogP contribution in [0.2, 0.25) is 0 Å². The highest BCUT2D eigenvalue weighted by molar-refractivity contribution is 6.09. The summed E-state index contributed by atoms with van der Waals surface area (Å²) in [5.74, 6) is 1.37. The Bertz CT molecular complexity index is 3830. The van der Waals surface area contributed by atoms with Crippen LogP contribution in [0.4, 0.5) is 0 Å². The lowest BCUT2D eigenvalue weighted by molar-refractivity contribution is -0.571. The molecule has 5 nitrogen and oxygen atoms in total. The van der Waals surface area contributed by atoms with Gasteiger partial charge in [-0.05, 0) is 87.7 Å². The highest BCUT2D eigenvalue weighted by atomic mass is 16.5. The molecular weight excluding hydrogens is 721 g/mol. The molecule has 0 bridgehead atoms. The average Bonchev–Trinajstić information content (AvgIpc) is 3.93. The molecule has 3 aromatic heterocycles. The van der Waals surface area contributed by atoms with E-state index in [9.17, 15) is 0 Å². The summed E-state index contributed by atoms with van der Waals surface area (Å²) in [6.45, 7) is 8.59. The highest BCUT2D eigenvalue weighted by Crippen LogP contribution is 2.39. The number of hydrogen-bond donors (Lipinski definition) is 0. The van der Waals surface area contributed by atoms with Crippen LogP contribution in [0, 0.1) is 11.7 Å². The molecule has 0 aliphatic rings. The van der Waals surface area contributed by atoms with Crippen molar-refractivity contribution in [3.8, 4) is 50.9 Å². The molecule has 10 aromatic rings. The lowest BCUT2D eigenvalue weighted by Gasteiger charge is -2.27. The van der Waals surface area contributed by atoms with Crippen molar-refractivity contribution in [3.63, 3.8) is 0 Å². The molecule has 0 saturated carbocycles. The Balaban J connectivity index is 1.16. The maximum atomic E-state index is 9.08. The largest absolute Gasteiger partial charge is 0.458 e. The summed E-state index contributed by atoms with van der Waals surface area (Å²) in [7, 11) is 0. The maximum absolute atomic E-state index is 9.08. The fourth-order valence-electron chi connectivity index (χ4n) is 7.52. The Morgan fingerprint density at radius 3 is 2.07 bits per heavy atom. The quantitative estimate of drug-likeness (QED) is 0.114. The molecule has 0 aliphatic carbocycles. The fraction of sp³-hybridized carbons (Fsp3) is 0.111. The third-order valence-corrected chi connectivity index (χ3v) is 10.8. The van der Waals surface area contributed by atoms with Crippen LogP contribution < -0.4 is 9.30 Å². The molecule has 10 rings (SSSR count). The van der Waals surface area contributed by atoms with Gasteiger partial charge in [-0.25, -0.2) is 4.98 Å². The first-order chi connectivity index (χ1) is 34.6. The smallest absolute Gasteiger partial charge is 0.269 e. The summed E-state index contributed by atoms with van der Waals surface area (Å²) in [4.78, 5) is 4.74. The second-order valence-electron chi connectivity index (χ2n) is 15.3. The van der Waals surface area contributed by atoms with E-state index in [1.807, 2.05) is 30.3 Å². The summed E-state index contributed by atoms with van der Waals surface area (Å²) < 4.78 is 134. The highest BCUT2D eigenvalue weighted by Gasteiger charge is 2.24. The monoisotopic (exact) mass is 778 g/mol. The predicted octanol–water partition coefficient (Wildman–Crippen LogP) is 13.5. The van der Waals surface area contributed by atoms with Crippen LogP contribution in [-0.2, 0) is 0 Å². The number of nitrogens with zero attached hydrogens (tertiary/aromatic N) is 4. The summed E-state index contributed by atoms with van der Waals surface area (Å²) >= 11 is 0. The minimum atomic E-state index is -0.593. The van der Waals surface area contributed by atoms with Crippen LogP contribution in [0.3, 0.4) is 0 Å². The topological polar surface area (TPSA) is 35.9 Å². The standard InChI is InChI=1S/C54H44N4O/c1-37(54(2,3)4)40-31-32-55-52(33-40)58-48-26-12-11-23-46(48)47-30-29-43(35-51(47)58)59-42-22-15-21-41(34-42)56-36-57(50-28-14-13-27-49(50)56)53-44(38-17-7-5-8-18-38)24-16-25-45(53)39-19-9-6-10-20-39/h5-35,37H,1-4H3/i5D,6D,7D,8D,9D,10D,11D,12D,17D,18D,19D,20D,23D,26D. The van der Waals surface area contributed by atoms with Gasteiger partial charge in [-0.15, -0.1) is 0 Å². The normalized spacial score (nSPS) is 15.7. The summed E-state index contributed by atoms with van der Waals surface area (Å²) in [6, 6.07) is 21.6. The van der Waals surface area contributed by atoms with Gasteiger partial charge < -0.3 is 4.74 Å². The molecule has 5 heteroatoms. The number of pyridine rings is 1. The molecule has 286 valence electrons. The number of aromatic nitrogens is 4. The van der Waals surface area contributed by atoms with E-state index < -0.39 is 60.4 Å². The third-order valence-electron chi connectivity index (χ3n) is 10.8. The second kappa shape index (κ2) is 14.6. The molecule has 1 atom stereocenters. The van der Waals surface area contributed by atoms with Gasteiger partial charge in [-0.1, -0.05) is 155 Å². The van der Waals surface area contributed by atoms with Gasteiger partial charge in [0.1, 0.15) is 17.3 Å². The van der Waals surface area contributed by atoms with Gasteiger partial charge in [0.15, 0.2) is 0 Å². The van der Waals surface area contributed by atoms with E-state index in [0.29, 0.717) is 50.3 Å². The minimum absolute atomic E-state index is 0.0842. The van der Waals surface area contributed by atoms with Crippen molar-refractivity contribution in [2.45, 2.75) is 33.6 Å². The van der Waals surface area contributed by atoms with Gasteiger partial charge >= 0.3 is 0 Å². The van der Waals surface area contributed by atoms with Crippen molar-refractivity contribution >= 4 is 32.8 Å². The van der Waals surface area contributed by atoms with Crippen molar-refractivity contribution < 1.29 is 28.5 Å². The Morgan fingerprint density at radius 2 is 1.32 bits per heavy atom. The molecule has 7 aromatic carbocycles. The Morgan fingerprint density at radius 1 is 0.644 bits per heavy atom. The maximum Gasteiger partial charge on any atom is 0.269 e. The lowest BCUT2D eigenvalue weighted by Crippen LogP contribution is -2.31. The molecule has 0 N–H and O–H groups in total. The summed E-state index contributed by atoms with van der Waals surface area (Å²) in [5.41, 5.74) is 3.43. The summed E-state index contributed by atoms with van der Waals surface area (Å²) in [5, 5.41) is 0.917. The first-order valence-electron chi connectivity index (χ1n) is 26.1. The van der Waals surface area contributed by atoms with Gasteiger partial charge in [0.2, 0.25) is 0 Å². The fourth-order valence-corrected chi connectivity index (χ4v) is 7.52. The zero-order chi connectivity index (χ0) is 52.3. The van der Waals surface area contributed by atoms with Gasteiger partial charge in [0.05, 0.1) is 52.6 Å². The second-order valence-corrected chi connectivity index (χ2v) is 15.3. The van der Waals surface area contributed by atoms with Crippen molar-refractivity contribution in [2.24, 2.45) is 5.41 Å². The predicted molar refractivity (Wildman–Crippen MR) is 241 cm³/mol. The molecule has 59 heavy (non-hydrogen) atoms. The van der Waals surface area contributed by atoms with E-state index in [1.165, 1.54) is 0 Å². The molecule has 1 unspecified atom stereocenters. The number of ether oxygens (including phenoxy) is 1. The van der Waals surface area contributed by atoms with Gasteiger partial charge in [-0.2, -0.15) is 0 Å². The zero-order valence-corrected chi connectivity index (χ0v) is 32.6. The first-order valence-corrected chi connectivity index (χ1v) is 19.1. The third kappa shape index (κ3) is 6.55. The van der Waals surface area contributed by atoms with Crippen molar-refractivity contribution in [2.75, 3.05) is 0 Å². The minimum Gasteiger partial charge on any atom is -0.458 e. The van der Waals surface area contributed by atoms with Gasteiger partial charge in [-0.3, -0.25) is 13.7 Å². The number of hydrogen-bond acceptors (Lipinski definition) is 2. The van der Waals surface area contributed by atoms with Crippen LogP contribution in [0.1, 0.15) is 58.4 Å². The molecule has 0 amide bonds. The van der Waals surface area contributed by atoms with E-state index in [2.05, 4.69) is 34.0 Å². The van der Waals surface area contributed by atoms with E-state index in [1.54, 1.807) is 86.6 Å². The number of fused-ring (bicyclic) bond motifs is 4. The van der Waals surface area contributed by atoms with E-state index in [0.717, 1.165) is 5.56 Å². The van der Waals surface area contributed by atoms with Gasteiger partial charge in [0, 0.05) is 23.0 Å². The number of para-hydroxylation sites is 4. The Labute approximate surface area is 364 Å². The van der Waals surface area contributed by atoms with Crippen LogP contribution in [-0.4, -0.2) is 14.1 Å². The Kier molecular flexibility index (Phi) is 5.91. The number of imidazole rings is 1. The van der Waals surface area contributed by atoms with Crippen LogP contribution >= 0.6 is 0 Å². The lowest BCUT2D eigenvalue weighted by atomic mass is 9.78. The zero-order valence-electron chi connectivity index (χ0n) is 46.6. The van der Waals surface area contributed by atoms with E-state index in [-0.39, 0.29) is 69.0 Å². The molecular formula is C54H44N4O. The molecule has 0 aliphatic heterocycles. The SMILES string of the molecule is [2H]c1c([2H])c([2H])c(-c2cccc(-c3c([2H])c([2H])c([2H])c([2H])c3[2H])c2-[n+]2[c-]n(-c3cccc(Oc4ccc5c6c([2H])c([2H])c([2H])c([2H])c6n(-c6cc(C(C)C(C)(C)C)ccn6)c5c4)c3)c3ccccc32)c([2H])c1[2H]. The molecule has 3 heterocycles. The van der Waals surface area contributed by atoms with E-state index >= 15 is 0 Å². The Hall–Kier alpha value is -7.24. The molecule has 0 radical (unpaired) electrons. The average molecular weight is 779 g/mol. The van der Waals surface area contributed by atoms with E-state index in [4.69, 9.17) is 28.9 Å². The molecule has 0 spiro atoms. The van der Waals surface area contributed by atoms with Crippen LogP contribution in [0.25, 0.3) is 72.3 Å². The summed E-state index contributed by atoms with van der Waals surface area (Å²) in [6.07, 6.45) is 5.10. The van der Waals surface area contributed by atoms with Crippen LogP contribution in [0.15, 0.2) is 188 Å². The van der Waals surface area contributed by atoms with Crippen molar-refractivity contribution in [1.29, 1.82) is 0 Å². The van der Waals surface area contributed by atoms with Crippen molar-refractivity contribution in [3.05, 3.63) is 200 Å². The number of benzene rings is 7. The molecule has 0 fully saturated rings. The van der Waals surface area contributed by atoms with Crippen LogP contribution in [0.5, 0.6) is 11.5 Å². The first kappa shape index (κ1) is 23.9. The van der Waals surface area contributed by atoms with Crippen molar-refractivity contribution in [1.82, 2.24) is 14.1 Å². The molecule has 0 saturated heterocycles. The van der Waals surface area contributed by atoms with Gasteiger partial charge in [0.25, 0.3) is 6.33 Å². The number of rotatable bonds is 8.